The summed E-state index contributed by atoms with van der Waals surface area (Å²) in [6.07, 6.45) is 2.03. The summed E-state index contributed by atoms with van der Waals surface area (Å²) < 4.78 is 18.3. The third-order valence-corrected chi connectivity index (χ3v) is 4.34. The number of para-hydroxylation sites is 1. The van der Waals surface area contributed by atoms with Gasteiger partial charge in [-0.3, -0.25) is 4.79 Å². The van der Waals surface area contributed by atoms with Gasteiger partial charge in [-0.2, -0.15) is 0 Å². The first kappa shape index (κ1) is 18.0. The first-order chi connectivity index (χ1) is 12.6. The van der Waals surface area contributed by atoms with Crippen LogP contribution in [0.5, 0.6) is 5.75 Å². The van der Waals surface area contributed by atoms with Crippen LogP contribution in [0.15, 0.2) is 48.5 Å². The minimum Gasteiger partial charge on any atom is -0.494 e. The number of carbonyl (C=O) groups is 1. The molecule has 0 bridgehead atoms. The van der Waals surface area contributed by atoms with Gasteiger partial charge in [0.1, 0.15) is 11.6 Å². The van der Waals surface area contributed by atoms with Crippen LogP contribution in [0.2, 0.25) is 0 Å². The van der Waals surface area contributed by atoms with E-state index >= 15 is 0 Å². The number of amides is 1. The molecule has 0 radical (unpaired) electrons. The van der Waals surface area contributed by atoms with Gasteiger partial charge in [0, 0.05) is 23.1 Å². The van der Waals surface area contributed by atoms with Crippen LogP contribution in [-0.2, 0) is 11.2 Å². The first-order valence-corrected chi connectivity index (χ1v) is 8.85. The topological polar surface area (TPSA) is 54.1 Å². The summed E-state index contributed by atoms with van der Waals surface area (Å²) in [6, 6.07) is 14.0. The van der Waals surface area contributed by atoms with Crippen LogP contribution in [0.3, 0.4) is 0 Å². The minimum atomic E-state index is -0.273. The molecule has 1 aromatic heterocycles. The third-order valence-electron chi connectivity index (χ3n) is 4.34. The van der Waals surface area contributed by atoms with E-state index in [0.717, 1.165) is 35.0 Å². The van der Waals surface area contributed by atoms with Crippen molar-refractivity contribution in [2.75, 3.05) is 13.2 Å². The van der Waals surface area contributed by atoms with Crippen LogP contribution < -0.4 is 10.1 Å². The Labute approximate surface area is 152 Å². The molecule has 0 atom stereocenters. The average molecular weight is 354 g/mol. The number of hydrogen-bond donors (Lipinski definition) is 2. The Kier molecular flexibility index (Phi) is 5.89. The SMILES string of the molecule is Cc1[nH]c2ccccc2c1CC(=O)NCCCCOc1ccc(F)cc1. The molecular formula is C21H23FN2O2. The third kappa shape index (κ3) is 4.63. The van der Waals surface area contributed by atoms with Crippen LogP contribution in [0.25, 0.3) is 10.9 Å². The Morgan fingerprint density at radius 3 is 2.69 bits per heavy atom. The molecule has 136 valence electrons. The maximum absolute atomic E-state index is 12.8. The Morgan fingerprint density at radius 1 is 1.12 bits per heavy atom. The van der Waals surface area contributed by atoms with Gasteiger partial charge in [0.2, 0.25) is 5.91 Å². The molecule has 0 saturated heterocycles. The molecule has 1 amide bonds. The average Bonchev–Trinajstić information content (AvgIpc) is 2.95. The zero-order valence-corrected chi connectivity index (χ0v) is 14.8. The quantitative estimate of drug-likeness (QED) is 0.598. The molecule has 2 aromatic carbocycles. The number of aromatic amines is 1. The summed E-state index contributed by atoms with van der Waals surface area (Å²) in [7, 11) is 0. The van der Waals surface area contributed by atoms with E-state index in [1.54, 1.807) is 12.1 Å². The van der Waals surface area contributed by atoms with Gasteiger partial charge in [-0.05, 0) is 55.7 Å². The fourth-order valence-corrected chi connectivity index (χ4v) is 2.96. The van der Waals surface area contributed by atoms with Crippen molar-refractivity contribution in [1.29, 1.82) is 0 Å². The summed E-state index contributed by atoms with van der Waals surface area (Å²) >= 11 is 0. The Bertz CT molecular complexity index is 871. The molecule has 0 aliphatic rings. The van der Waals surface area contributed by atoms with Gasteiger partial charge in [0.05, 0.1) is 13.0 Å². The summed E-state index contributed by atoms with van der Waals surface area (Å²) in [4.78, 5) is 15.5. The smallest absolute Gasteiger partial charge is 0.224 e. The number of halogens is 1. The number of carbonyl (C=O) groups excluding carboxylic acids is 1. The minimum absolute atomic E-state index is 0.0253. The molecule has 0 spiro atoms. The van der Waals surface area contributed by atoms with Crippen molar-refractivity contribution < 1.29 is 13.9 Å². The molecule has 0 unspecified atom stereocenters. The molecule has 4 nitrogen and oxygen atoms in total. The summed E-state index contributed by atoms with van der Waals surface area (Å²) in [6.45, 7) is 3.16. The molecule has 0 aliphatic carbocycles. The fourth-order valence-electron chi connectivity index (χ4n) is 2.96. The summed E-state index contributed by atoms with van der Waals surface area (Å²) in [5.41, 5.74) is 3.15. The van der Waals surface area contributed by atoms with Gasteiger partial charge >= 0.3 is 0 Å². The summed E-state index contributed by atoms with van der Waals surface area (Å²) in [5.74, 6) is 0.410. The maximum Gasteiger partial charge on any atom is 0.224 e. The second-order valence-electron chi connectivity index (χ2n) is 6.31. The largest absolute Gasteiger partial charge is 0.494 e. The molecule has 2 N–H and O–H groups in total. The van der Waals surface area contributed by atoms with Crippen LogP contribution in [0.1, 0.15) is 24.1 Å². The van der Waals surface area contributed by atoms with Crippen molar-refractivity contribution in [2.45, 2.75) is 26.2 Å². The van der Waals surface area contributed by atoms with Gasteiger partial charge in [-0.15, -0.1) is 0 Å². The molecule has 1 heterocycles. The van der Waals surface area contributed by atoms with Gasteiger partial charge in [0.25, 0.3) is 0 Å². The highest BCUT2D eigenvalue weighted by atomic mass is 19.1. The van der Waals surface area contributed by atoms with Gasteiger partial charge in [-0.25, -0.2) is 4.39 Å². The number of aromatic nitrogens is 1. The van der Waals surface area contributed by atoms with Crippen molar-refractivity contribution in [1.82, 2.24) is 10.3 Å². The van der Waals surface area contributed by atoms with Crippen molar-refractivity contribution in [2.24, 2.45) is 0 Å². The van der Waals surface area contributed by atoms with Crippen LogP contribution >= 0.6 is 0 Å². The van der Waals surface area contributed by atoms with Gasteiger partial charge in [0.15, 0.2) is 0 Å². The summed E-state index contributed by atoms with van der Waals surface area (Å²) in [5, 5.41) is 4.07. The second kappa shape index (κ2) is 8.52. The number of nitrogens with one attached hydrogen (secondary N) is 2. The van der Waals surface area contributed by atoms with E-state index in [2.05, 4.69) is 10.3 Å². The highest BCUT2D eigenvalue weighted by Crippen LogP contribution is 2.22. The molecule has 3 rings (SSSR count). The van der Waals surface area contributed by atoms with E-state index in [4.69, 9.17) is 4.74 Å². The maximum atomic E-state index is 12.8. The highest BCUT2D eigenvalue weighted by Gasteiger charge is 2.11. The molecule has 3 aromatic rings. The number of aryl methyl sites for hydroxylation is 1. The lowest BCUT2D eigenvalue weighted by atomic mass is 10.1. The molecule has 0 fully saturated rings. The van der Waals surface area contributed by atoms with Gasteiger partial charge in [-0.1, -0.05) is 18.2 Å². The van der Waals surface area contributed by atoms with Crippen LogP contribution in [-0.4, -0.2) is 24.0 Å². The Hall–Kier alpha value is -2.82. The number of fused-ring (bicyclic) bond motifs is 1. The first-order valence-electron chi connectivity index (χ1n) is 8.85. The molecule has 0 aliphatic heterocycles. The Balaban J connectivity index is 1.37. The van der Waals surface area contributed by atoms with E-state index in [1.165, 1.54) is 12.1 Å². The number of rotatable bonds is 8. The number of H-pyrrole nitrogens is 1. The molecule has 0 saturated carbocycles. The predicted molar refractivity (Wildman–Crippen MR) is 101 cm³/mol. The van der Waals surface area contributed by atoms with Crippen LogP contribution in [0.4, 0.5) is 4.39 Å². The lowest BCUT2D eigenvalue weighted by Crippen LogP contribution is -2.26. The second-order valence-corrected chi connectivity index (χ2v) is 6.31. The zero-order chi connectivity index (χ0) is 18.4. The molecular weight excluding hydrogens is 331 g/mol. The normalized spacial score (nSPS) is 10.8. The number of hydrogen-bond acceptors (Lipinski definition) is 2. The fraction of sp³-hybridized carbons (Fsp3) is 0.286. The van der Waals surface area contributed by atoms with Gasteiger partial charge < -0.3 is 15.0 Å². The predicted octanol–water partition coefficient (Wildman–Crippen LogP) is 4.13. The van der Waals surface area contributed by atoms with E-state index in [0.29, 0.717) is 25.3 Å². The van der Waals surface area contributed by atoms with Crippen LogP contribution in [0, 0.1) is 12.7 Å². The number of ether oxygens (including phenoxy) is 1. The standard InChI is InChI=1S/C21H23FN2O2/c1-15-19(18-6-2-3-7-20(18)24-15)14-21(25)23-12-4-5-13-26-17-10-8-16(22)9-11-17/h2-3,6-11,24H,4-5,12-14H2,1H3,(H,23,25). The zero-order valence-electron chi connectivity index (χ0n) is 14.8. The van der Waals surface area contributed by atoms with Crippen molar-refractivity contribution in [3.8, 4) is 5.75 Å². The number of unbranched alkanes of at least 4 members (excludes halogenated alkanes) is 1. The van der Waals surface area contributed by atoms with Crippen molar-refractivity contribution in [3.05, 3.63) is 65.6 Å². The number of benzene rings is 2. The molecule has 5 heteroatoms. The van der Waals surface area contributed by atoms with E-state index < -0.39 is 0 Å². The Morgan fingerprint density at radius 2 is 1.88 bits per heavy atom. The lowest BCUT2D eigenvalue weighted by Gasteiger charge is -2.07. The lowest BCUT2D eigenvalue weighted by molar-refractivity contribution is -0.120. The van der Waals surface area contributed by atoms with Crippen molar-refractivity contribution in [3.63, 3.8) is 0 Å². The van der Waals surface area contributed by atoms with Crippen molar-refractivity contribution >= 4 is 16.8 Å². The van der Waals surface area contributed by atoms with E-state index in [9.17, 15) is 9.18 Å². The molecule has 26 heavy (non-hydrogen) atoms. The highest BCUT2D eigenvalue weighted by molar-refractivity contribution is 5.90. The van der Waals surface area contributed by atoms with E-state index in [-0.39, 0.29) is 11.7 Å². The monoisotopic (exact) mass is 354 g/mol. The van der Waals surface area contributed by atoms with E-state index in [1.807, 2.05) is 31.2 Å².